The lowest BCUT2D eigenvalue weighted by Gasteiger charge is -2.22. The lowest BCUT2D eigenvalue weighted by molar-refractivity contribution is -0.121. The summed E-state index contributed by atoms with van der Waals surface area (Å²) in [6.45, 7) is 18.8. The summed E-state index contributed by atoms with van der Waals surface area (Å²) in [6.07, 6.45) is 36.0. The Bertz CT molecular complexity index is 5660. The zero-order valence-electron chi connectivity index (χ0n) is 74.5. The quantitative estimate of drug-likeness (QED) is 0.0404. The zero-order valence-corrected chi connectivity index (χ0v) is 84.2. The van der Waals surface area contributed by atoms with E-state index in [0.29, 0.717) is 36.1 Å². The van der Waals surface area contributed by atoms with Gasteiger partial charge in [-0.15, -0.1) is 11.3 Å². The Kier molecular flexibility index (Phi) is 42.2. The molecule has 0 aromatic carbocycles. The fourth-order valence-corrected chi connectivity index (χ4v) is 21.4. The van der Waals surface area contributed by atoms with Crippen LogP contribution in [-0.4, -0.2) is 194 Å². The lowest BCUT2D eigenvalue weighted by Crippen LogP contribution is -2.35. The van der Waals surface area contributed by atoms with Crippen molar-refractivity contribution in [2.45, 2.75) is 75.2 Å². The number of carbonyl (C=O) groups is 5. The van der Waals surface area contributed by atoms with E-state index >= 15 is 0 Å². The molecule has 0 aliphatic heterocycles. The SMILES string of the molecule is CCN(C(=O)C(C)CSC)c1sc(-c2cccnc2)nc1Cl.CCN(C(=O)CCSC)c1sc(-c2cccnc2)nc1C.CSCC(C)C(=O)N(C)c1sc(-c2cccnc2)nc1C.CSCC(C)C(=O)N(C)c1sc(-c2cccnc2)nc1C.CSCCC(=O)N(C)c1sc(-c2cccnc2)nc1C.c1ccc(-c2cccc(-c3cnc(-c4cccnc4)s3)n2)nc1. The van der Waals surface area contributed by atoms with Crippen molar-refractivity contribution in [2.75, 3.05) is 119 Å². The maximum atomic E-state index is 12.6. The number of halogens is 1. The summed E-state index contributed by atoms with van der Waals surface area (Å²) in [4.78, 5) is 132. The second kappa shape index (κ2) is 52.9. The number of aromatic nitrogens is 14. The number of thiazole rings is 6. The topological polar surface area (TPSA) is 282 Å². The van der Waals surface area contributed by atoms with E-state index in [-0.39, 0.29) is 47.3 Å². The Balaban J connectivity index is 0.000000174. The summed E-state index contributed by atoms with van der Waals surface area (Å²) < 4.78 is 0. The van der Waals surface area contributed by atoms with Crippen LogP contribution in [-0.2, 0) is 24.0 Å². The van der Waals surface area contributed by atoms with Gasteiger partial charge in [0.05, 0.1) is 44.7 Å². The van der Waals surface area contributed by atoms with Gasteiger partial charge < -0.3 is 24.5 Å². The van der Waals surface area contributed by atoms with Crippen LogP contribution in [0.3, 0.4) is 0 Å². The van der Waals surface area contributed by atoms with Crippen molar-refractivity contribution >= 4 is 193 Å². The number of aryl methyl sites for hydroxylation is 4. The molecule has 14 rings (SSSR count). The largest absolute Gasteiger partial charge is 0.305 e. The Morgan fingerprint density at radius 3 is 1.07 bits per heavy atom. The van der Waals surface area contributed by atoms with Crippen LogP contribution in [0.15, 0.2) is 196 Å². The molecule has 24 nitrogen and oxygen atoms in total. The predicted molar refractivity (Wildman–Crippen MR) is 547 cm³/mol. The molecule has 14 aromatic rings. The van der Waals surface area contributed by atoms with Crippen LogP contribution in [0.2, 0.25) is 5.15 Å². The van der Waals surface area contributed by atoms with Crippen molar-refractivity contribution < 1.29 is 24.0 Å². The van der Waals surface area contributed by atoms with Gasteiger partial charge in [-0.25, -0.2) is 34.9 Å². The number of hydrogen-bond donors (Lipinski definition) is 0. The highest BCUT2D eigenvalue weighted by atomic mass is 35.5. The van der Waals surface area contributed by atoms with Crippen molar-refractivity contribution in [3.63, 3.8) is 0 Å². The zero-order chi connectivity index (χ0) is 92.2. The summed E-state index contributed by atoms with van der Waals surface area (Å²) in [5.41, 5.74) is 12.0. The van der Waals surface area contributed by atoms with Gasteiger partial charge >= 0.3 is 0 Å². The Morgan fingerprint density at radius 2 is 0.695 bits per heavy atom. The molecule has 0 saturated heterocycles. The van der Waals surface area contributed by atoms with Crippen LogP contribution >= 0.6 is 138 Å². The van der Waals surface area contributed by atoms with Crippen molar-refractivity contribution in [1.82, 2.24) is 69.8 Å². The van der Waals surface area contributed by atoms with Crippen LogP contribution in [0, 0.1) is 45.4 Å². The molecule has 128 heavy (non-hydrogen) atoms. The Hall–Kier alpha value is -9.63. The first kappa shape index (κ1) is 102. The van der Waals surface area contributed by atoms with E-state index in [0.717, 1.165) is 157 Å². The number of amides is 5. The molecule has 36 heteroatoms. The van der Waals surface area contributed by atoms with Gasteiger partial charge in [0.2, 0.25) is 29.5 Å². The average Bonchev–Trinajstić information content (AvgIpc) is 1.68. The first-order valence-corrected chi connectivity index (χ1v) is 52.8. The fourth-order valence-electron chi connectivity index (χ4n) is 12.2. The van der Waals surface area contributed by atoms with Gasteiger partial charge in [0, 0.05) is 214 Å². The van der Waals surface area contributed by atoms with Crippen molar-refractivity contribution in [1.29, 1.82) is 0 Å². The molecule has 670 valence electrons. The second-order valence-electron chi connectivity index (χ2n) is 28.4. The summed E-state index contributed by atoms with van der Waals surface area (Å²) in [6, 6.07) is 35.0. The molecule has 0 fully saturated rings. The highest BCUT2D eigenvalue weighted by molar-refractivity contribution is 7.99. The van der Waals surface area contributed by atoms with E-state index in [1.165, 1.54) is 45.3 Å². The summed E-state index contributed by atoms with van der Waals surface area (Å²) in [5, 5.41) is 10.1. The number of pyridine rings is 8. The molecule has 0 spiro atoms. The van der Waals surface area contributed by atoms with Gasteiger partial charge in [0.1, 0.15) is 55.1 Å². The second-order valence-corrected chi connectivity index (χ2v) is 39.4. The summed E-state index contributed by atoms with van der Waals surface area (Å²) >= 11 is 23.9. The maximum Gasteiger partial charge on any atom is 0.231 e. The highest BCUT2D eigenvalue weighted by Crippen LogP contribution is 2.42. The standard InChI is InChI=1S/C18H12N4S.C15H18ClN3OS2.3C15H19N3OS2.C14H17N3OS2/c1-2-10-20-14(6-1)15-7-3-8-16(22-15)17-12-21-18(23-17)13-5-4-9-19-11-13;1-4-19(14(20)10(2)9-21-3)15-12(16)18-13(22-15)11-6-5-7-17-8-11;2*1-10(9-20-4)14(19)18(3)15-11(2)17-13(21-15)12-6-5-7-16-8-12;1-4-18(13(19)7-9-20-3)15-11(2)17-14(21-15)12-6-5-8-16-10-12;1-10-14(17(2)12(18)6-8-19-3)20-13(16-10)11-5-4-7-15-9-11/h1-12H;5-8,10H,4,9H2,1-3H3;2*5-8,10H,9H2,1-4H3;5-6,8,10H,4,7,9H2,1-3H3;4-5,7,9H,6,8H2,1-3H3. The minimum atomic E-state index is -0.0463. The molecule has 0 aliphatic carbocycles. The molecular weight excluding hydrogens is 1840 g/mol. The van der Waals surface area contributed by atoms with E-state index in [4.69, 9.17) is 16.6 Å². The van der Waals surface area contributed by atoms with E-state index < -0.39 is 0 Å². The molecule has 3 atom stereocenters. The molecule has 5 amide bonds. The molecule has 0 aliphatic rings. The van der Waals surface area contributed by atoms with Gasteiger partial charge in [-0.2, -0.15) is 58.8 Å². The van der Waals surface area contributed by atoms with Crippen molar-refractivity contribution in [2.24, 2.45) is 17.8 Å². The number of rotatable bonds is 30. The maximum absolute atomic E-state index is 12.6. The highest BCUT2D eigenvalue weighted by Gasteiger charge is 2.29. The first-order valence-electron chi connectivity index (χ1n) is 40.6. The lowest BCUT2D eigenvalue weighted by atomic mass is 10.2. The van der Waals surface area contributed by atoms with Crippen LogP contribution in [0.25, 0.3) is 85.4 Å². The molecule has 3 unspecified atom stereocenters. The minimum absolute atomic E-state index is 0.00772. The van der Waals surface area contributed by atoms with E-state index in [2.05, 4.69) is 64.8 Å². The fraction of sp³-hybridized carbons (Fsp3) is 0.315. The molecule has 0 saturated carbocycles. The molecule has 14 heterocycles. The number of hydrogen-bond acceptors (Lipinski definition) is 30. The van der Waals surface area contributed by atoms with Crippen molar-refractivity contribution in [3.8, 4) is 85.4 Å². The van der Waals surface area contributed by atoms with E-state index in [1.807, 2.05) is 241 Å². The van der Waals surface area contributed by atoms with E-state index in [1.54, 1.807) is 175 Å². The van der Waals surface area contributed by atoms with Crippen LogP contribution in [0.5, 0.6) is 0 Å². The first-order chi connectivity index (χ1) is 61.9. The minimum Gasteiger partial charge on any atom is -0.305 e. The normalized spacial score (nSPS) is 11.4. The molecular formula is C92H104ClN19O5S11. The molecule has 0 radical (unpaired) electrons. The number of carbonyl (C=O) groups excluding carboxylic acids is 5. The Labute approximate surface area is 800 Å². The third-order valence-corrected chi connectivity index (χ3v) is 30.1. The van der Waals surface area contributed by atoms with E-state index in [9.17, 15) is 24.0 Å². The average molecular weight is 1940 g/mol. The molecule has 0 bridgehead atoms. The molecule has 14 aromatic heterocycles. The number of thioether (sulfide) groups is 5. The van der Waals surface area contributed by atoms with Crippen LogP contribution < -0.4 is 24.5 Å². The number of anilines is 5. The van der Waals surface area contributed by atoms with Gasteiger partial charge in [0.15, 0.2) is 5.15 Å². The third kappa shape index (κ3) is 29.2. The third-order valence-electron chi connectivity index (χ3n) is 18.7. The van der Waals surface area contributed by atoms with Crippen molar-refractivity contribution in [3.05, 3.63) is 224 Å². The summed E-state index contributed by atoms with van der Waals surface area (Å²) in [5.74, 6) is 4.76. The Morgan fingerprint density at radius 1 is 0.344 bits per heavy atom. The van der Waals surface area contributed by atoms with Crippen LogP contribution in [0.1, 0.15) is 70.2 Å². The number of nitrogens with zero attached hydrogens (tertiary/aromatic N) is 19. The van der Waals surface area contributed by atoms with Gasteiger partial charge in [-0.3, -0.25) is 58.9 Å². The smallest absolute Gasteiger partial charge is 0.231 e. The monoisotopic (exact) mass is 1940 g/mol. The van der Waals surface area contributed by atoms with Crippen LogP contribution in [0.4, 0.5) is 25.0 Å². The summed E-state index contributed by atoms with van der Waals surface area (Å²) in [7, 11) is 5.47. The predicted octanol–water partition coefficient (Wildman–Crippen LogP) is 22.3. The van der Waals surface area contributed by atoms with Gasteiger partial charge in [-0.1, -0.05) is 101 Å². The molecule has 0 N–H and O–H groups in total. The van der Waals surface area contributed by atoms with Gasteiger partial charge in [-0.05, 0) is 170 Å². The van der Waals surface area contributed by atoms with Gasteiger partial charge in [0.25, 0.3) is 0 Å².